The van der Waals surface area contributed by atoms with Crippen molar-refractivity contribution in [2.75, 3.05) is 25.6 Å². The number of benzene rings is 1. The van der Waals surface area contributed by atoms with Gasteiger partial charge in [0, 0.05) is 32.3 Å². The molecule has 2 atom stereocenters. The molecule has 0 bridgehead atoms. The molecule has 0 radical (unpaired) electrons. The largest absolute Gasteiger partial charge is 0.389 e. The third-order valence-electron chi connectivity index (χ3n) is 2.73. The van der Waals surface area contributed by atoms with E-state index >= 15 is 0 Å². The Morgan fingerprint density at radius 1 is 1.47 bits per heavy atom. The SMILES string of the molecule is COCC(O)CNC(C)c1cccc(NC(C)=O)c1. The molecule has 1 aromatic carbocycles. The van der Waals surface area contributed by atoms with Crippen molar-refractivity contribution in [3.05, 3.63) is 29.8 Å². The van der Waals surface area contributed by atoms with Crippen molar-refractivity contribution in [3.8, 4) is 0 Å². The molecule has 0 fully saturated rings. The molecule has 0 aliphatic heterocycles. The van der Waals surface area contributed by atoms with Gasteiger partial charge in [-0.1, -0.05) is 12.1 Å². The van der Waals surface area contributed by atoms with Gasteiger partial charge in [-0.25, -0.2) is 0 Å². The Labute approximate surface area is 114 Å². The van der Waals surface area contributed by atoms with Gasteiger partial charge in [-0.2, -0.15) is 0 Å². The van der Waals surface area contributed by atoms with Gasteiger partial charge in [-0.05, 0) is 24.6 Å². The molecule has 5 nitrogen and oxygen atoms in total. The highest BCUT2D eigenvalue weighted by Gasteiger charge is 2.09. The Morgan fingerprint density at radius 3 is 2.84 bits per heavy atom. The van der Waals surface area contributed by atoms with E-state index < -0.39 is 6.10 Å². The standard InChI is InChI=1S/C14H22N2O3/c1-10(15-8-14(18)9-19-3)12-5-4-6-13(7-12)16-11(2)17/h4-7,10,14-15,18H,8-9H2,1-3H3,(H,16,17). The lowest BCUT2D eigenvalue weighted by Gasteiger charge is -2.17. The van der Waals surface area contributed by atoms with E-state index in [2.05, 4.69) is 10.6 Å². The first-order valence-electron chi connectivity index (χ1n) is 6.31. The topological polar surface area (TPSA) is 70.6 Å². The van der Waals surface area contributed by atoms with Crippen LogP contribution >= 0.6 is 0 Å². The Morgan fingerprint density at radius 2 is 2.21 bits per heavy atom. The minimum atomic E-state index is -0.522. The van der Waals surface area contributed by atoms with Crippen LogP contribution in [0.4, 0.5) is 5.69 Å². The van der Waals surface area contributed by atoms with Crippen LogP contribution in [0.25, 0.3) is 0 Å². The molecule has 0 spiro atoms. The summed E-state index contributed by atoms with van der Waals surface area (Å²) < 4.78 is 4.87. The molecular weight excluding hydrogens is 244 g/mol. The van der Waals surface area contributed by atoms with Crippen LogP contribution in [0.2, 0.25) is 0 Å². The summed E-state index contributed by atoms with van der Waals surface area (Å²) in [4.78, 5) is 11.0. The maximum absolute atomic E-state index is 11.0. The molecule has 0 saturated heterocycles. The number of anilines is 1. The Bertz CT molecular complexity index is 409. The summed E-state index contributed by atoms with van der Waals surface area (Å²) in [6, 6.07) is 7.72. The van der Waals surface area contributed by atoms with Crippen LogP contribution < -0.4 is 10.6 Å². The number of aliphatic hydroxyl groups is 1. The highest BCUT2D eigenvalue weighted by Crippen LogP contribution is 2.17. The third kappa shape index (κ3) is 5.83. The predicted molar refractivity (Wildman–Crippen MR) is 75.0 cm³/mol. The van der Waals surface area contributed by atoms with Crippen LogP contribution in [0.1, 0.15) is 25.5 Å². The minimum absolute atomic E-state index is 0.0835. The molecule has 0 aliphatic rings. The zero-order chi connectivity index (χ0) is 14.3. The normalized spacial score (nSPS) is 13.9. The number of hydrogen-bond donors (Lipinski definition) is 3. The third-order valence-corrected chi connectivity index (χ3v) is 2.73. The number of hydrogen-bond acceptors (Lipinski definition) is 4. The summed E-state index contributed by atoms with van der Waals surface area (Å²) in [7, 11) is 1.56. The summed E-state index contributed by atoms with van der Waals surface area (Å²) in [6.07, 6.45) is -0.522. The first kappa shape index (κ1) is 15.6. The van der Waals surface area contributed by atoms with Crippen LogP contribution in [0.3, 0.4) is 0 Å². The second-order valence-electron chi connectivity index (χ2n) is 4.55. The van der Waals surface area contributed by atoms with Gasteiger partial charge in [0.15, 0.2) is 0 Å². The molecule has 0 saturated carbocycles. The van der Waals surface area contributed by atoms with Crippen molar-refractivity contribution in [1.29, 1.82) is 0 Å². The van der Waals surface area contributed by atoms with Gasteiger partial charge in [0.25, 0.3) is 0 Å². The second kappa shape index (κ2) is 7.89. The van der Waals surface area contributed by atoms with Gasteiger partial charge in [0.1, 0.15) is 0 Å². The van der Waals surface area contributed by atoms with E-state index in [-0.39, 0.29) is 11.9 Å². The fourth-order valence-corrected chi connectivity index (χ4v) is 1.77. The van der Waals surface area contributed by atoms with E-state index in [1.807, 2.05) is 31.2 Å². The fourth-order valence-electron chi connectivity index (χ4n) is 1.77. The number of carbonyl (C=O) groups excluding carboxylic acids is 1. The first-order valence-corrected chi connectivity index (χ1v) is 6.31. The van der Waals surface area contributed by atoms with Crippen LogP contribution in [-0.4, -0.2) is 37.4 Å². The van der Waals surface area contributed by atoms with Crippen molar-refractivity contribution >= 4 is 11.6 Å². The van der Waals surface area contributed by atoms with Crippen molar-refractivity contribution in [2.45, 2.75) is 26.0 Å². The molecule has 1 amide bonds. The lowest BCUT2D eigenvalue weighted by molar-refractivity contribution is -0.114. The average Bonchev–Trinajstić information content (AvgIpc) is 2.36. The molecule has 1 rings (SSSR count). The van der Waals surface area contributed by atoms with Crippen molar-refractivity contribution in [3.63, 3.8) is 0 Å². The van der Waals surface area contributed by atoms with Crippen LogP contribution in [0.5, 0.6) is 0 Å². The molecule has 3 N–H and O–H groups in total. The monoisotopic (exact) mass is 266 g/mol. The summed E-state index contributed by atoms with van der Waals surface area (Å²) >= 11 is 0. The van der Waals surface area contributed by atoms with Crippen LogP contribution in [0.15, 0.2) is 24.3 Å². The van der Waals surface area contributed by atoms with Gasteiger partial charge in [0.05, 0.1) is 12.7 Å². The van der Waals surface area contributed by atoms with Crippen molar-refractivity contribution in [2.24, 2.45) is 0 Å². The van der Waals surface area contributed by atoms with E-state index in [9.17, 15) is 9.90 Å². The van der Waals surface area contributed by atoms with Crippen LogP contribution in [0, 0.1) is 0 Å². The van der Waals surface area contributed by atoms with E-state index in [1.54, 1.807) is 7.11 Å². The zero-order valence-electron chi connectivity index (χ0n) is 11.6. The number of aliphatic hydroxyl groups excluding tert-OH is 1. The molecule has 0 aromatic heterocycles. The smallest absolute Gasteiger partial charge is 0.221 e. The van der Waals surface area contributed by atoms with E-state index in [4.69, 9.17) is 4.74 Å². The summed E-state index contributed by atoms with van der Waals surface area (Å²) in [5.41, 5.74) is 1.83. The molecule has 19 heavy (non-hydrogen) atoms. The summed E-state index contributed by atoms with van der Waals surface area (Å²) in [5.74, 6) is -0.0896. The maximum atomic E-state index is 11.0. The number of rotatable bonds is 7. The Balaban J connectivity index is 2.56. The van der Waals surface area contributed by atoms with Gasteiger partial charge >= 0.3 is 0 Å². The number of amides is 1. The van der Waals surface area contributed by atoms with E-state index in [0.29, 0.717) is 13.2 Å². The van der Waals surface area contributed by atoms with Crippen molar-refractivity contribution < 1.29 is 14.6 Å². The van der Waals surface area contributed by atoms with Crippen LogP contribution in [-0.2, 0) is 9.53 Å². The molecular formula is C14H22N2O3. The van der Waals surface area contributed by atoms with Gasteiger partial charge in [-0.15, -0.1) is 0 Å². The molecule has 1 aromatic rings. The maximum Gasteiger partial charge on any atom is 0.221 e. The number of ether oxygens (including phenoxy) is 1. The van der Waals surface area contributed by atoms with Crippen molar-refractivity contribution in [1.82, 2.24) is 5.32 Å². The predicted octanol–water partition coefficient (Wildman–Crippen LogP) is 1.30. The highest BCUT2D eigenvalue weighted by atomic mass is 16.5. The summed E-state index contributed by atoms with van der Waals surface area (Å²) in [5, 5.41) is 15.5. The fraction of sp³-hybridized carbons (Fsp3) is 0.500. The van der Waals surface area contributed by atoms with E-state index in [1.165, 1.54) is 6.92 Å². The Hall–Kier alpha value is -1.43. The quantitative estimate of drug-likeness (QED) is 0.696. The number of methoxy groups -OCH3 is 1. The second-order valence-corrected chi connectivity index (χ2v) is 4.55. The average molecular weight is 266 g/mol. The molecule has 0 aliphatic carbocycles. The highest BCUT2D eigenvalue weighted by molar-refractivity contribution is 5.88. The molecule has 0 heterocycles. The number of carbonyl (C=O) groups is 1. The molecule has 106 valence electrons. The van der Waals surface area contributed by atoms with Gasteiger partial charge in [-0.3, -0.25) is 4.79 Å². The van der Waals surface area contributed by atoms with Gasteiger partial charge < -0.3 is 20.5 Å². The molecule has 2 unspecified atom stereocenters. The van der Waals surface area contributed by atoms with Gasteiger partial charge in [0.2, 0.25) is 5.91 Å². The zero-order valence-corrected chi connectivity index (χ0v) is 11.6. The molecule has 5 heteroatoms. The first-order chi connectivity index (χ1) is 9.02. The lowest BCUT2D eigenvalue weighted by Crippen LogP contribution is -2.31. The summed E-state index contributed by atoms with van der Waals surface area (Å²) in [6.45, 7) is 4.26. The van der Waals surface area contributed by atoms with E-state index in [0.717, 1.165) is 11.3 Å². The Kier molecular flexibility index (Phi) is 6.49. The minimum Gasteiger partial charge on any atom is -0.389 e. The number of nitrogens with one attached hydrogen (secondary N) is 2. The lowest BCUT2D eigenvalue weighted by atomic mass is 10.1.